The molecule has 0 saturated heterocycles. The zero-order valence-electron chi connectivity index (χ0n) is 22.7. The van der Waals surface area contributed by atoms with E-state index in [0.29, 0.717) is 6.29 Å². The lowest BCUT2D eigenvalue weighted by molar-refractivity contribution is -0.200. The number of rotatable bonds is 8. The highest BCUT2D eigenvalue weighted by Gasteiger charge is 2.43. The van der Waals surface area contributed by atoms with Crippen molar-refractivity contribution in [3.05, 3.63) is 0 Å². The van der Waals surface area contributed by atoms with Crippen LogP contribution in [-0.2, 0) is 42.9 Å². The van der Waals surface area contributed by atoms with E-state index in [-0.39, 0.29) is 0 Å². The first-order chi connectivity index (χ1) is 15.0. The van der Waals surface area contributed by atoms with Crippen molar-refractivity contribution < 1.29 is 42.9 Å². The van der Waals surface area contributed by atoms with Gasteiger partial charge in [-0.25, -0.2) is 0 Å². The molecule has 0 rings (SSSR count). The van der Waals surface area contributed by atoms with Gasteiger partial charge in [0.1, 0.15) is 6.61 Å². The van der Waals surface area contributed by atoms with Crippen LogP contribution < -0.4 is 0 Å². The Hall–Kier alpha value is -2.45. The molecule has 0 aliphatic heterocycles. The van der Waals surface area contributed by atoms with Gasteiger partial charge >= 0.3 is 23.9 Å². The van der Waals surface area contributed by atoms with Crippen molar-refractivity contribution in [1.82, 2.24) is 0 Å². The first kappa shape index (κ1) is 31.6. The van der Waals surface area contributed by atoms with Crippen molar-refractivity contribution in [1.29, 1.82) is 0 Å². The van der Waals surface area contributed by atoms with Gasteiger partial charge in [0.2, 0.25) is 0 Å². The molecule has 9 heteroatoms. The number of carbonyl (C=O) groups excluding carboxylic acids is 5. The zero-order valence-corrected chi connectivity index (χ0v) is 22.7. The van der Waals surface area contributed by atoms with Gasteiger partial charge in [-0.15, -0.1) is 0 Å². The van der Waals surface area contributed by atoms with Crippen LogP contribution >= 0.6 is 0 Å². The molecule has 0 aromatic carbocycles. The molecule has 3 atom stereocenters. The predicted octanol–water partition coefficient (Wildman–Crippen LogP) is 3.65. The van der Waals surface area contributed by atoms with E-state index in [9.17, 15) is 24.0 Å². The monoisotopic (exact) mass is 486 g/mol. The second-order valence-corrected chi connectivity index (χ2v) is 12.4. The normalized spacial score (nSPS) is 15.4. The summed E-state index contributed by atoms with van der Waals surface area (Å²) in [6.07, 6.45) is -4.26. The maximum atomic E-state index is 12.7. The van der Waals surface area contributed by atoms with E-state index < -0.39 is 70.5 Å². The summed E-state index contributed by atoms with van der Waals surface area (Å²) in [5.41, 5.74) is -3.76. The number of carbonyl (C=O) groups is 5. The second kappa shape index (κ2) is 11.3. The van der Waals surface area contributed by atoms with Crippen molar-refractivity contribution in [3.63, 3.8) is 0 Å². The largest absolute Gasteiger partial charge is 0.461 e. The van der Waals surface area contributed by atoms with Crippen LogP contribution in [0.3, 0.4) is 0 Å². The van der Waals surface area contributed by atoms with Crippen LogP contribution in [0.15, 0.2) is 0 Å². The maximum absolute atomic E-state index is 12.7. The Bertz CT molecular complexity index is 755. The molecule has 0 fully saturated rings. The fourth-order valence-electron chi connectivity index (χ4n) is 2.01. The van der Waals surface area contributed by atoms with Gasteiger partial charge in [-0.1, -0.05) is 0 Å². The van der Waals surface area contributed by atoms with Crippen molar-refractivity contribution in [2.75, 3.05) is 6.61 Å². The van der Waals surface area contributed by atoms with Crippen LogP contribution in [0.4, 0.5) is 0 Å². The fourth-order valence-corrected chi connectivity index (χ4v) is 2.01. The average molecular weight is 487 g/mol. The van der Waals surface area contributed by atoms with Gasteiger partial charge in [0.15, 0.2) is 24.6 Å². The van der Waals surface area contributed by atoms with Crippen LogP contribution in [0.1, 0.15) is 83.1 Å². The third-order valence-electron chi connectivity index (χ3n) is 4.40. The molecule has 0 radical (unpaired) electrons. The van der Waals surface area contributed by atoms with E-state index in [1.807, 2.05) is 0 Å². The highest BCUT2D eigenvalue weighted by molar-refractivity contribution is 5.79. The third-order valence-corrected chi connectivity index (χ3v) is 4.40. The molecule has 0 aromatic rings. The van der Waals surface area contributed by atoms with Crippen molar-refractivity contribution in [2.45, 2.75) is 101 Å². The Labute approximate surface area is 203 Å². The quantitative estimate of drug-likeness (QED) is 0.287. The Morgan fingerprint density at radius 3 is 1.29 bits per heavy atom. The highest BCUT2D eigenvalue weighted by Crippen LogP contribution is 2.26. The van der Waals surface area contributed by atoms with E-state index in [4.69, 9.17) is 18.9 Å². The first-order valence-electron chi connectivity index (χ1n) is 11.3. The molecule has 196 valence electrons. The van der Waals surface area contributed by atoms with Gasteiger partial charge in [-0.3, -0.25) is 24.0 Å². The first-order valence-corrected chi connectivity index (χ1v) is 11.3. The minimum absolute atomic E-state index is 0.299. The van der Waals surface area contributed by atoms with Gasteiger partial charge in [0.05, 0.1) is 21.7 Å². The van der Waals surface area contributed by atoms with Gasteiger partial charge in [0, 0.05) is 0 Å². The van der Waals surface area contributed by atoms with Gasteiger partial charge in [-0.05, 0) is 83.1 Å². The van der Waals surface area contributed by atoms with Gasteiger partial charge in [0.25, 0.3) is 0 Å². The predicted molar refractivity (Wildman–Crippen MR) is 124 cm³/mol. The Morgan fingerprint density at radius 2 is 0.941 bits per heavy atom. The van der Waals surface area contributed by atoms with E-state index in [2.05, 4.69) is 0 Å². The van der Waals surface area contributed by atoms with E-state index in [0.717, 1.165) is 0 Å². The molecule has 0 spiro atoms. The van der Waals surface area contributed by atoms with Crippen LogP contribution in [0.5, 0.6) is 0 Å². The standard InChI is InChI=1S/C25H42O9/c1-22(2,3)18(27)31-14-16(33-20(29)24(7,8)9)17(34-21(30)25(10,11)12)15(13-26)32-19(28)23(4,5)6/h13,15-17H,14H2,1-12H3/t15-,16+,17+/m0/s1. The minimum Gasteiger partial charge on any atom is -0.461 e. The molecule has 0 N–H and O–H groups in total. The van der Waals surface area contributed by atoms with E-state index >= 15 is 0 Å². The second-order valence-electron chi connectivity index (χ2n) is 12.4. The van der Waals surface area contributed by atoms with Gasteiger partial charge < -0.3 is 18.9 Å². The average Bonchev–Trinajstić information content (AvgIpc) is 2.63. The summed E-state index contributed by atoms with van der Waals surface area (Å²) in [5.74, 6) is -2.74. The highest BCUT2D eigenvalue weighted by atomic mass is 16.6. The SMILES string of the molecule is CC(C)(C)C(=O)OC[C@@H](OC(=O)C(C)(C)C)[C@H](OC(=O)C(C)(C)C)[C@H](C=O)OC(=O)C(C)(C)C. The summed E-state index contributed by atoms with van der Waals surface area (Å²) in [6.45, 7) is 18.8. The van der Waals surface area contributed by atoms with Crippen LogP contribution in [-0.4, -0.2) is 55.1 Å². The number of aldehydes is 1. The molecular formula is C25H42O9. The maximum Gasteiger partial charge on any atom is 0.312 e. The summed E-state index contributed by atoms with van der Waals surface area (Å²) in [7, 11) is 0. The number of ether oxygens (including phenoxy) is 4. The Morgan fingerprint density at radius 1 is 0.588 bits per heavy atom. The lowest BCUT2D eigenvalue weighted by Gasteiger charge is -2.34. The molecule has 9 nitrogen and oxygen atoms in total. The molecule has 0 heterocycles. The molecule has 0 aliphatic carbocycles. The topological polar surface area (TPSA) is 122 Å². The smallest absolute Gasteiger partial charge is 0.312 e. The van der Waals surface area contributed by atoms with Crippen molar-refractivity contribution >= 4 is 30.2 Å². The number of hydrogen-bond donors (Lipinski definition) is 0. The molecule has 0 aliphatic rings. The Balaban J connectivity index is 6.37. The van der Waals surface area contributed by atoms with Gasteiger partial charge in [-0.2, -0.15) is 0 Å². The molecular weight excluding hydrogens is 444 g/mol. The zero-order chi connectivity index (χ0) is 27.3. The minimum atomic E-state index is -1.61. The van der Waals surface area contributed by atoms with Crippen LogP contribution in [0, 0.1) is 21.7 Å². The molecule has 34 heavy (non-hydrogen) atoms. The third kappa shape index (κ3) is 10.2. The van der Waals surface area contributed by atoms with Crippen molar-refractivity contribution in [2.24, 2.45) is 21.7 Å². The lowest BCUT2D eigenvalue weighted by atomic mass is 9.95. The molecule has 0 bridgehead atoms. The number of hydrogen-bond acceptors (Lipinski definition) is 9. The summed E-state index contributed by atoms with van der Waals surface area (Å²) in [4.78, 5) is 62.3. The summed E-state index contributed by atoms with van der Waals surface area (Å²) < 4.78 is 21.8. The lowest BCUT2D eigenvalue weighted by Crippen LogP contribution is -2.51. The van der Waals surface area contributed by atoms with E-state index in [1.165, 1.54) is 0 Å². The molecule has 0 saturated carbocycles. The molecule has 0 amide bonds. The summed E-state index contributed by atoms with van der Waals surface area (Å²) >= 11 is 0. The summed E-state index contributed by atoms with van der Waals surface area (Å²) in [6, 6.07) is 0. The van der Waals surface area contributed by atoms with E-state index in [1.54, 1.807) is 83.1 Å². The van der Waals surface area contributed by atoms with Crippen molar-refractivity contribution in [3.8, 4) is 0 Å². The fraction of sp³-hybridized carbons (Fsp3) is 0.800. The van der Waals surface area contributed by atoms with Crippen LogP contribution in [0.2, 0.25) is 0 Å². The number of esters is 4. The Kier molecular flexibility index (Phi) is 10.5. The summed E-state index contributed by atoms with van der Waals surface area (Å²) in [5, 5.41) is 0. The molecule has 0 aromatic heterocycles. The molecule has 0 unspecified atom stereocenters. The van der Waals surface area contributed by atoms with Crippen LogP contribution in [0.25, 0.3) is 0 Å².